The first-order valence-electron chi connectivity index (χ1n) is 8.22. The Balaban J connectivity index is 1.52. The van der Waals surface area contributed by atoms with Gasteiger partial charge >= 0.3 is 6.03 Å². The van der Waals surface area contributed by atoms with Gasteiger partial charge in [-0.25, -0.2) is 4.79 Å². The predicted octanol–water partition coefficient (Wildman–Crippen LogP) is 3.23. The van der Waals surface area contributed by atoms with E-state index in [1.54, 1.807) is 6.92 Å². The van der Waals surface area contributed by atoms with Gasteiger partial charge in [0, 0.05) is 10.9 Å². The van der Waals surface area contributed by atoms with Gasteiger partial charge in [-0.15, -0.1) is 0 Å². The molecule has 0 saturated carbocycles. The van der Waals surface area contributed by atoms with E-state index in [0.717, 1.165) is 15.6 Å². The number of hydrogen-bond donors (Lipinski definition) is 1. The number of fused-ring (bicyclic) bond motifs is 1. The van der Waals surface area contributed by atoms with Crippen LogP contribution in [0, 0.1) is 0 Å². The molecule has 1 N–H and O–H groups in total. The number of carbonyl (C=O) groups is 2. The molecule has 2 aromatic rings. The molecule has 1 fully saturated rings. The molecule has 0 aliphatic carbocycles. The standard InChI is InChI=1S/C19H17BrN2O4/c1-19(9-13-4-7-15-16(8-13)26-11-25-15)17(23)22(18(24)21-19)10-12-2-5-14(20)6-3-12/h2-8H,9-11H2,1H3,(H,21,24). The van der Waals surface area contributed by atoms with Crippen LogP contribution in [0.4, 0.5) is 4.79 Å². The summed E-state index contributed by atoms with van der Waals surface area (Å²) in [5.74, 6) is 1.12. The first-order valence-corrected chi connectivity index (χ1v) is 9.01. The average Bonchev–Trinajstić information content (AvgIpc) is 3.15. The first kappa shape index (κ1) is 16.9. The molecule has 0 aromatic heterocycles. The van der Waals surface area contributed by atoms with E-state index in [0.29, 0.717) is 17.9 Å². The second kappa shape index (κ2) is 6.32. The van der Waals surface area contributed by atoms with Gasteiger partial charge in [-0.3, -0.25) is 9.69 Å². The van der Waals surface area contributed by atoms with Crippen molar-refractivity contribution < 1.29 is 19.1 Å². The van der Waals surface area contributed by atoms with Gasteiger partial charge < -0.3 is 14.8 Å². The maximum absolute atomic E-state index is 12.9. The third-order valence-electron chi connectivity index (χ3n) is 4.59. The number of carbonyl (C=O) groups excluding carboxylic acids is 2. The van der Waals surface area contributed by atoms with Crippen molar-refractivity contribution in [3.63, 3.8) is 0 Å². The number of hydrogen-bond acceptors (Lipinski definition) is 4. The molecule has 1 unspecified atom stereocenters. The maximum Gasteiger partial charge on any atom is 0.325 e. The lowest BCUT2D eigenvalue weighted by Gasteiger charge is -2.22. The Labute approximate surface area is 159 Å². The van der Waals surface area contributed by atoms with Crippen molar-refractivity contribution in [3.05, 3.63) is 58.1 Å². The topological polar surface area (TPSA) is 67.9 Å². The highest BCUT2D eigenvalue weighted by molar-refractivity contribution is 9.10. The van der Waals surface area contributed by atoms with Crippen molar-refractivity contribution in [3.8, 4) is 11.5 Å². The molecule has 134 valence electrons. The summed E-state index contributed by atoms with van der Waals surface area (Å²) in [6.45, 7) is 2.20. The molecular formula is C19H17BrN2O4. The minimum atomic E-state index is -0.986. The molecule has 0 radical (unpaired) electrons. The zero-order chi connectivity index (χ0) is 18.3. The van der Waals surface area contributed by atoms with Crippen molar-refractivity contribution >= 4 is 27.9 Å². The van der Waals surface area contributed by atoms with E-state index >= 15 is 0 Å². The van der Waals surface area contributed by atoms with E-state index in [9.17, 15) is 9.59 Å². The number of halogens is 1. The van der Waals surface area contributed by atoms with Gasteiger partial charge in [-0.2, -0.15) is 0 Å². The van der Waals surface area contributed by atoms with Crippen molar-refractivity contribution in [2.45, 2.75) is 25.4 Å². The third kappa shape index (κ3) is 3.03. The van der Waals surface area contributed by atoms with Crippen LogP contribution in [-0.2, 0) is 17.8 Å². The Morgan fingerprint density at radius 1 is 1.08 bits per heavy atom. The van der Waals surface area contributed by atoms with Crippen molar-refractivity contribution in [1.29, 1.82) is 0 Å². The zero-order valence-corrected chi connectivity index (χ0v) is 15.7. The fourth-order valence-corrected chi connectivity index (χ4v) is 3.51. The smallest absolute Gasteiger partial charge is 0.325 e. The van der Waals surface area contributed by atoms with Gasteiger partial charge in [0.1, 0.15) is 5.54 Å². The van der Waals surface area contributed by atoms with Gasteiger partial charge in [0.05, 0.1) is 6.54 Å². The molecule has 0 bridgehead atoms. The Bertz CT molecular complexity index is 884. The van der Waals surface area contributed by atoms with Crippen LogP contribution in [0.2, 0.25) is 0 Å². The first-order chi connectivity index (χ1) is 12.4. The summed E-state index contributed by atoms with van der Waals surface area (Å²) in [5, 5.41) is 2.83. The summed E-state index contributed by atoms with van der Waals surface area (Å²) in [6.07, 6.45) is 0.380. The lowest BCUT2D eigenvalue weighted by Crippen LogP contribution is -2.45. The Morgan fingerprint density at radius 3 is 2.54 bits per heavy atom. The van der Waals surface area contributed by atoms with E-state index in [4.69, 9.17) is 9.47 Å². The molecule has 2 heterocycles. The summed E-state index contributed by atoms with van der Waals surface area (Å²) >= 11 is 3.38. The van der Waals surface area contributed by atoms with E-state index in [2.05, 4.69) is 21.2 Å². The molecule has 1 saturated heterocycles. The molecule has 2 aromatic carbocycles. The minimum Gasteiger partial charge on any atom is -0.454 e. The van der Waals surface area contributed by atoms with Gasteiger partial charge in [-0.05, 0) is 42.3 Å². The molecular weight excluding hydrogens is 400 g/mol. The van der Waals surface area contributed by atoms with Crippen molar-refractivity contribution in [2.24, 2.45) is 0 Å². The number of nitrogens with one attached hydrogen (secondary N) is 1. The molecule has 26 heavy (non-hydrogen) atoms. The molecule has 1 atom stereocenters. The summed E-state index contributed by atoms with van der Waals surface area (Å²) < 4.78 is 11.6. The number of rotatable bonds is 4. The molecule has 3 amide bonds. The summed E-state index contributed by atoms with van der Waals surface area (Å²) in [7, 11) is 0. The monoisotopic (exact) mass is 416 g/mol. The quantitative estimate of drug-likeness (QED) is 0.776. The average molecular weight is 417 g/mol. The van der Waals surface area contributed by atoms with Gasteiger partial charge in [0.15, 0.2) is 11.5 Å². The molecule has 6 nitrogen and oxygen atoms in total. The van der Waals surface area contributed by atoms with E-state index < -0.39 is 5.54 Å². The Kier molecular flexibility index (Phi) is 4.11. The summed E-state index contributed by atoms with van der Waals surface area (Å²) in [4.78, 5) is 26.6. The molecule has 4 rings (SSSR count). The fraction of sp³-hybridized carbons (Fsp3) is 0.263. The molecule has 0 spiro atoms. The van der Waals surface area contributed by atoms with E-state index in [1.165, 1.54) is 4.90 Å². The second-order valence-electron chi connectivity index (χ2n) is 6.64. The molecule has 2 aliphatic rings. The zero-order valence-electron chi connectivity index (χ0n) is 14.1. The van der Waals surface area contributed by atoms with Crippen LogP contribution < -0.4 is 14.8 Å². The SMILES string of the molecule is CC1(Cc2ccc3c(c2)OCO3)NC(=O)N(Cc2ccc(Br)cc2)C1=O. The van der Waals surface area contributed by atoms with Crippen LogP contribution >= 0.6 is 15.9 Å². The number of amides is 3. The van der Waals surface area contributed by atoms with E-state index in [-0.39, 0.29) is 25.3 Å². The number of urea groups is 1. The van der Waals surface area contributed by atoms with Crippen LogP contribution in [0.1, 0.15) is 18.1 Å². The molecule has 7 heteroatoms. The number of benzene rings is 2. The number of nitrogens with zero attached hydrogens (tertiary/aromatic N) is 1. The normalized spacial score (nSPS) is 21.2. The third-order valence-corrected chi connectivity index (χ3v) is 5.12. The number of ether oxygens (including phenoxy) is 2. The number of imide groups is 1. The van der Waals surface area contributed by atoms with Crippen LogP contribution in [0.5, 0.6) is 11.5 Å². The lowest BCUT2D eigenvalue weighted by atomic mass is 9.92. The lowest BCUT2D eigenvalue weighted by molar-refractivity contribution is -0.131. The summed E-state index contributed by atoms with van der Waals surface area (Å²) in [5.41, 5.74) is 0.806. The fourth-order valence-electron chi connectivity index (χ4n) is 3.24. The largest absolute Gasteiger partial charge is 0.454 e. The Morgan fingerprint density at radius 2 is 1.77 bits per heavy atom. The highest BCUT2D eigenvalue weighted by Crippen LogP contribution is 2.34. The minimum absolute atomic E-state index is 0.201. The Hall–Kier alpha value is -2.54. The highest BCUT2D eigenvalue weighted by atomic mass is 79.9. The van der Waals surface area contributed by atoms with Crippen LogP contribution in [-0.4, -0.2) is 29.2 Å². The second-order valence-corrected chi connectivity index (χ2v) is 7.56. The van der Waals surface area contributed by atoms with Gasteiger partial charge in [0.2, 0.25) is 6.79 Å². The van der Waals surface area contributed by atoms with Crippen LogP contribution in [0.15, 0.2) is 46.9 Å². The predicted molar refractivity (Wildman–Crippen MR) is 97.9 cm³/mol. The molecule has 2 aliphatic heterocycles. The van der Waals surface area contributed by atoms with Crippen LogP contribution in [0.3, 0.4) is 0 Å². The summed E-state index contributed by atoms with van der Waals surface area (Å²) in [6, 6.07) is 12.7. The van der Waals surface area contributed by atoms with E-state index in [1.807, 2.05) is 42.5 Å². The van der Waals surface area contributed by atoms with Crippen LogP contribution in [0.25, 0.3) is 0 Å². The van der Waals surface area contributed by atoms with Gasteiger partial charge in [-0.1, -0.05) is 34.1 Å². The van der Waals surface area contributed by atoms with Crippen molar-refractivity contribution in [2.75, 3.05) is 6.79 Å². The van der Waals surface area contributed by atoms with Crippen molar-refractivity contribution in [1.82, 2.24) is 10.2 Å². The van der Waals surface area contributed by atoms with Gasteiger partial charge in [0.25, 0.3) is 5.91 Å². The maximum atomic E-state index is 12.9. The highest BCUT2D eigenvalue weighted by Gasteiger charge is 2.47.